The second-order valence-electron chi connectivity index (χ2n) is 7.12. The van der Waals surface area contributed by atoms with Crippen molar-refractivity contribution in [2.75, 3.05) is 19.6 Å². The van der Waals surface area contributed by atoms with Crippen LogP contribution in [0.4, 0.5) is 4.79 Å². The molecule has 2 N–H and O–H groups in total. The highest BCUT2D eigenvalue weighted by atomic mass is 35.5. The molecule has 1 saturated heterocycles. The first kappa shape index (κ1) is 18.1. The monoisotopic (exact) mass is 338 g/mol. The van der Waals surface area contributed by atoms with E-state index < -0.39 is 0 Å². The molecule has 0 aromatic heterocycles. The molecule has 1 atom stereocenters. The summed E-state index contributed by atoms with van der Waals surface area (Å²) in [5.74, 6) is 0.307. The molecule has 128 valence electrons. The number of benzene rings is 1. The Morgan fingerprint density at radius 2 is 2.09 bits per heavy atom. The summed E-state index contributed by atoms with van der Waals surface area (Å²) < 4.78 is 0. The van der Waals surface area contributed by atoms with Gasteiger partial charge in [-0.2, -0.15) is 0 Å². The van der Waals surface area contributed by atoms with Crippen LogP contribution in [-0.4, -0.2) is 41.8 Å². The fourth-order valence-corrected chi connectivity index (χ4v) is 3.20. The van der Waals surface area contributed by atoms with Gasteiger partial charge in [0.1, 0.15) is 0 Å². The lowest BCUT2D eigenvalue weighted by Gasteiger charge is -2.34. The van der Waals surface area contributed by atoms with Crippen molar-refractivity contribution >= 4 is 17.6 Å². The first-order valence-electron chi connectivity index (χ1n) is 8.26. The lowest BCUT2D eigenvalue weighted by atomic mass is 9.84. The van der Waals surface area contributed by atoms with Crippen molar-refractivity contribution in [2.24, 2.45) is 5.92 Å². The Morgan fingerprint density at radius 1 is 1.43 bits per heavy atom. The zero-order valence-electron chi connectivity index (χ0n) is 14.2. The molecule has 1 aliphatic heterocycles. The van der Waals surface area contributed by atoms with Gasteiger partial charge >= 0.3 is 6.03 Å². The van der Waals surface area contributed by atoms with Crippen LogP contribution < -0.4 is 5.32 Å². The minimum absolute atomic E-state index is 0.0239. The molecule has 0 spiro atoms. The molecule has 1 fully saturated rings. The standard InChI is InChI=1S/C18H27ClN2O2/c1-13(22)14-7-9-21(10-8-14)17(23)20-12-18(2,3)15-5-4-6-16(19)11-15/h4-6,11,13-14,22H,7-10,12H2,1-3H3,(H,20,23). The smallest absolute Gasteiger partial charge is 0.317 e. The van der Waals surface area contributed by atoms with Gasteiger partial charge in [-0.05, 0) is 43.4 Å². The number of halogens is 1. The number of aliphatic hydroxyl groups excluding tert-OH is 1. The van der Waals surface area contributed by atoms with Gasteiger partial charge in [-0.3, -0.25) is 0 Å². The number of carbonyl (C=O) groups is 1. The molecule has 23 heavy (non-hydrogen) atoms. The van der Waals surface area contributed by atoms with Gasteiger partial charge in [0.25, 0.3) is 0 Å². The fraction of sp³-hybridized carbons (Fsp3) is 0.611. The average Bonchev–Trinajstić information content (AvgIpc) is 2.53. The molecule has 1 heterocycles. The van der Waals surface area contributed by atoms with E-state index in [-0.39, 0.29) is 17.6 Å². The van der Waals surface area contributed by atoms with Gasteiger partial charge in [0, 0.05) is 30.1 Å². The third-order valence-electron chi connectivity index (χ3n) is 4.80. The number of hydrogen-bond acceptors (Lipinski definition) is 2. The minimum atomic E-state index is -0.290. The van der Waals surface area contributed by atoms with Crippen LogP contribution in [0.3, 0.4) is 0 Å². The van der Waals surface area contributed by atoms with E-state index in [2.05, 4.69) is 19.2 Å². The molecule has 0 aliphatic carbocycles. The Morgan fingerprint density at radius 3 is 2.65 bits per heavy atom. The molecule has 4 nitrogen and oxygen atoms in total. The lowest BCUT2D eigenvalue weighted by Crippen LogP contribution is -2.48. The zero-order chi connectivity index (χ0) is 17.0. The largest absolute Gasteiger partial charge is 0.393 e. The van der Waals surface area contributed by atoms with Crippen molar-refractivity contribution in [2.45, 2.75) is 45.1 Å². The number of aliphatic hydroxyl groups is 1. The summed E-state index contributed by atoms with van der Waals surface area (Å²) in [6, 6.07) is 7.74. The average molecular weight is 339 g/mol. The summed E-state index contributed by atoms with van der Waals surface area (Å²) in [4.78, 5) is 14.2. The summed E-state index contributed by atoms with van der Waals surface area (Å²) >= 11 is 6.06. The number of piperidine rings is 1. The molecule has 0 bridgehead atoms. The molecule has 5 heteroatoms. The molecule has 2 rings (SSSR count). The molecule has 1 aromatic rings. The Hall–Kier alpha value is -1.26. The second-order valence-corrected chi connectivity index (χ2v) is 7.55. The van der Waals surface area contributed by atoms with Crippen LogP contribution in [0.2, 0.25) is 5.02 Å². The molecule has 1 aromatic carbocycles. The van der Waals surface area contributed by atoms with Gasteiger partial charge in [-0.15, -0.1) is 0 Å². The van der Waals surface area contributed by atoms with Crippen LogP contribution in [0.1, 0.15) is 39.2 Å². The Kier molecular flexibility index (Phi) is 5.93. The summed E-state index contributed by atoms with van der Waals surface area (Å²) in [5, 5.41) is 13.4. The minimum Gasteiger partial charge on any atom is -0.393 e. The third-order valence-corrected chi connectivity index (χ3v) is 5.03. The van der Waals surface area contributed by atoms with Crippen LogP contribution in [0.15, 0.2) is 24.3 Å². The predicted molar refractivity (Wildman–Crippen MR) is 93.9 cm³/mol. The molecule has 1 unspecified atom stereocenters. The van der Waals surface area contributed by atoms with Crippen LogP contribution in [0.25, 0.3) is 0 Å². The number of likely N-dealkylation sites (tertiary alicyclic amines) is 1. The van der Waals surface area contributed by atoms with E-state index in [1.165, 1.54) is 0 Å². The molecule has 0 radical (unpaired) electrons. The number of carbonyl (C=O) groups excluding carboxylic acids is 1. The highest BCUT2D eigenvalue weighted by Crippen LogP contribution is 2.25. The van der Waals surface area contributed by atoms with Crippen LogP contribution in [-0.2, 0) is 5.41 Å². The van der Waals surface area contributed by atoms with Crippen molar-refractivity contribution < 1.29 is 9.90 Å². The van der Waals surface area contributed by atoms with Crippen molar-refractivity contribution in [3.05, 3.63) is 34.9 Å². The number of hydrogen-bond donors (Lipinski definition) is 2. The Labute approximate surface area is 143 Å². The van der Waals surface area contributed by atoms with Gasteiger partial charge in [-0.25, -0.2) is 4.79 Å². The van der Waals surface area contributed by atoms with E-state index in [4.69, 9.17) is 11.6 Å². The van der Waals surface area contributed by atoms with E-state index in [1.54, 1.807) is 0 Å². The van der Waals surface area contributed by atoms with Crippen LogP contribution in [0, 0.1) is 5.92 Å². The van der Waals surface area contributed by atoms with E-state index in [0.29, 0.717) is 30.6 Å². The molecular formula is C18H27ClN2O2. The first-order valence-corrected chi connectivity index (χ1v) is 8.64. The number of urea groups is 1. The van der Waals surface area contributed by atoms with Gasteiger partial charge < -0.3 is 15.3 Å². The maximum atomic E-state index is 12.3. The summed E-state index contributed by atoms with van der Waals surface area (Å²) in [7, 11) is 0. The quantitative estimate of drug-likeness (QED) is 0.883. The van der Waals surface area contributed by atoms with Crippen LogP contribution in [0.5, 0.6) is 0 Å². The van der Waals surface area contributed by atoms with Gasteiger partial charge in [0.15, 0.2) is 0 Å². The summed E-state index contributed by atoms with van der Waals surface area (Å²) in [6.07, 6.45) is 1.44. The highest BCUT2D eigenvalue weighted by Gasteiger charge is 2.27. The summed E-state index contributed by atoms with van der Waals surface area (Å²) in [6.45, 7) is 7.99. The highest BCUT2D eigenvalue weighted by molar-refractivity contribution is 6.30. The Bertz CT molecular complexity index is 538. The van der Waals surface area contributed by atoms with Crippen molar-refractivity contribution in [1.82, 2.24) is 10.2 Å². The number of rotatable bonds is 4. The normalized spacial score (nSPS) is 17.9. The predicted octanol–water partition coefficient (Wildman–Crippen LogP) is 3.42. The van der Waals surface area contributed by atoms with E-state index in [9.17, 15) is 9.90 Å². The number of nitrogens with one attached hydrogen (secondary N) is 1. The van der Waals surface area contributed by atoms with Crippen LogP contribution >= 0.6 is 11.6 Å². The third kappa shape index (κ3) is 4.85. The van der Waals surface area contributed by atoms with Crippen molar-refractivity contribution in [1.29, 1.82) is 0 Å². The molecule has 1 aliphatic rings. The zero-order valence-corrected chi connectivity index (χ0v) is 14.9. The lowest BCUT2D eigenvalue weighted by molar-refractivity contribution is 0.0796. The van der Waals surface area contributed by atoms with E-state index in [1.807, 2.05) is 36.1 Å². The topological polar surface area (TPSA) is 52.6 Å². The molecule has 2 amide bonds. The van der Waals surface area contributed by atoms with E-state index >= 15 is 0 Å². The summed E-state index contributed by atoms with van der Waals surface area (Å²) in [5.41, 5.74) is 0.927. The number of nitrogens with zero attached hydrogens (tertiary/aromatic N) is 1. The van der Waals surface area contributed by atoms with Crippen molar-refractivity contribution in [3.8, 4) is 0 Å². The van der Waals surface area contributed by atoms with E-state index in [0.717, 1.165) is 18.4 Å². The maximum absolute atomic E-state index is 12.3. The van der Waals surface area contributed by atoms with Crippen molar-refractivity contribution in [3.63, 3.8) is 0 Å². The number of amides is 2. The van der Waals surface area contributed by atoms with Gasteiger partial charge in [-0.1, -0.05) is 37.6 Å². The molecule has 0 saturated carbocycles. The fourth-order valence-electron chi connectivity index (χ4n) is 3.00. The van der Waals surface area contributed by atoms with Gasteiger partial charge in [0.2, 0.25) is 0 Å². The van der Waals surface area contributed by atoms with Gasteiger partial charge in [0.05, 0.1) is 6.10 Å². The first-order chi connectivity index (χ1) is 10.8. The molecular weight excluding hydrogens is 312 g/mol. The Balaban J connectivity index is 1.87. The maximum Gasteiger partial charge on any atom is 0.317 e. The second kappa shape index (κ2) is 7.54. The SMILES string of the molecule is CC(O)C1CCN(C(=O)NCC(C)(C)c2cccc(Cl)c2)CC1.